The van der Waals surface area contributed by atoms with Crippen LogP contribution >= 0.6 is 0 Å². The van der Waals surface area contributed by atoms with Crippen LogP contribution < -0.4 is 5.73 Å². The van der Waals surface area contributed by atoms with Gasteiger partial charge in [-0.2, -0.15) is 13.2 Å². The molecule has 2 N–H and O–H groups in total. The lowest BCUT2D eigenvalue weighted by Gasteiger charge is -2.11. The molecule has 1 aromatic carbocycles. The van der Waals surface area contributed by atoms with Gasteiger partial charge in [-0.3, -0.25) is 9.78 Å². The molecule has 0 aliphatic heterocycles. The molecule has 0 aliphatic rings. The van der Waals surface area contributed by atoms with Gasteiger partial charge in [0.05, 0.1) is 17.5 Å². The number of carbonyl (C=O) groups excluding carboxylic acids is 1. The first-order valence-corrected chi connectivity index (χ1v) is 5.11. The Morgan fingerprint density at radius 1 is 1.33 bits per heavy atom. The van der Waals surface area contributed by atoms with Crippen molar-refractivity contribution in [2.45, 2.75) is 12.6 Å². The first-order valence-electron chi connectivity index (χ1n) is 5.11. The van der Waals surface area contributed by atoms with Gasteiger partial charge in [0.15, 0.2) is 0 Å². The Bertz CT molecular complexity index is 608. The third kappa shape index (κ3) is 2.42. The molecule has 0 unspecified atom stereocenters. The number of hydrogen-bond donors (Lipinski definition) is 1. The van der Waals surface area contributed by atoms with Gasteiger partial charge in [0.2, 0.25) is 5.91 Å². The van der Waals surface area contributed by atoms with E-state index in [1.807, 2.05) is 0 Å². The van der Waals surface area contributed by atoms with Crippen LogP contribution in [0.1, 0.15) is 11.1 Å². The maximum absolute atomic E-state index is 12.7. The molecule has 94 valence electrons. The predicted octanol–water partition coefficient (Wildman–Crippen LogP) is 2.28. The van der Waals surface area contributed by atoms with E-state index in [0.29, 0.717) is 5.39 Å². The fourth-order valence-electron chi connectivity index (χ4n) is 1.76. The quantitative estimate of drug-likeness (QED) is 0.893. The number of hydrogen-bond acceptors (Lipinski definition) is 2. The number of nitrogens with zero attached hydrogens (tertiary/aromatic N) is 1. The van der Waals surface area contributed by atoms with E-state index in [4.69, 9.17) is 5.73 Å². The number of nitrogens with two attached hydrogens (primary N) is 1. The summed E-state index contributed by atoms with van der Waals surface area (Å²) in [6.45, 7) is 0. The molecular weight excluding hydrogens is 245 g/mol. The minimum absolute atomic E-state index is 0.198. The van der Waals surface area contributed by atoms with Gasteiger partial charge in [0.25, 0.3) is 0 Å². The molecule has 1 heterocycles. The number of aromatic nitrogens is 1. The van der Waals surface area contributed by atoms with Crippen LogP contribution in [0.3, 0.4) is 0 Å². The Morgan fingerprint density at radius 3 is 2.67 bits per heavy atom. The molecule has 0 bridgehead atoms. The van der Waals surface area contributed by atoms with Crippen LogP contribution in [-0.4, -0.2) is 10.9 Å². The van der Waals surface area contributed by atoms with Crippen LogP contribution in [0, 0.1) is 0 Å². The monoisotopic (exact) mass is 254 g/mol. The van der Waals surface area contributed by atoms with Gasteiger partial charge < -0.3 is 5.73 Å². The second-order valence-corrected chi connectivity index (χ2v) is 3.85. The average Bonchev–Trinajstić information content (AvgIpc) is 2.27. The van der Waals surface area contributed by atoms with Crippen LogP contribution in [-0.2, 0) is 17.4 Å². The minimum Gasteiger partial charge on any atom is -0.369 e. The Kier molecular flexibility index (Phi) is 2.94. The van der Waals surface area contributed by atoms with Crippen LogP contribution in [0.4, 0.5) is 13.2 Å². The van der Waals surface area contributed by atoms with Crippen molar-refractivity contribution in [2.75, 3.05) is 0 Å². The molecule has 1 amide bonds. The van der Waals surface area contributed by atoms with E-state index in [0.717, 1.165) is 12.1 Å². The van der Waals surface area contributed by atoms with Gasteiger partial charge in [-0.15, -0.1) is 0 Å². The second kappa shape index (κ2) is 4.29. The number of rotatable bonds is 2. The second-order valence-electron chi connectivity index (χ2n) is 3.85. The highest BCUT2D eigenvalue weighted by Crippen LogP contribution is 2.32. The maximum atomic E-state index is 12.7. The van der Waals surface area contributed by atoms with Gasteiger partial charge in [-0.05, 0) is 23.8 Å². The first-order chi connectivity index (χ1) is 8.38. The van der Waals surface area contributed by atoms with Crippen LogP contribution in [0.2, 0.25) is 0 Å². The van der Waals surface area contributed by atoms with Crippen molar-refractivity contribution in [1.29, 1.82) is 0 Å². The molecule has 0 aliphatic carbocycles. The maximum Gasteiger partial charge on any atom is 0.416 e. The van der Waals surface area contributed by atoms with Crippen molar-refractivity contribution in [3.05, 3.63) is 41.6 Å². The number of amides is 1. The lowest BCUT2D eigenvalue weighted by Crippen LogP contribution is -2.15. The molecule has 0 saturated heterocycles. The third-order valence-corrected chi connectivity index (χ3v) is 2.50. The molecule has 3 nitrogen and oxygen atoms in total. The Morgan fingerprint density at radius 2 is 2.06 bits per heavy atom. The van der Waals surface area contributed by atoms with Crippen molar-refractivity contribution in [3.8, 4) is 0 Å². The Hall–Kier alpha value is -2.11. The number of halogens is 3. The summed E-state index contributed by atoms with van der Waals surface area (Å²) in [5.74, 6) is -0.681. The van der Waals surface area contributed by atoms with Crippen molar-refractivity contribution < 1.29 is 18.0 Å². The number of benzene rings is 1. The third-order valence-electron chi connectivity index (χ3n) is 2.50. The predicted molar refractivity (Wildman–Crippen MR) is 59.6 cm³/mol. The zero-order chi connectivity index (χ0) is 13.3. The fraction of sp³-hybridized carbons (Fsp3) is 0.167. The van der Waals surface area contributed by atoms with E-state index >= 15 is 0 Å². The molecule has 0 atom stereocenters. The fourth-order valence-corrected chi connectivity index (χ4v) is 1.76. The zero-order valence-corrected chi connectivity index (χ0v) is 9.16. The molecule has 2 rings (SSSR count). The van der Waals surface area contributed by atoms with E-state index in [1.165, 1.54) is 6.20 Å². The van der Waals surface area contributed by atoms with E-state index < -0.39 is 17.6 Å². The highest BCUT2D eigenvalue weighted by molar-refractivity contribution is 5.88. The average molecular weight is 254 g/mol. The summed E-state index contributed by atoms with van der Waals surface area (Å²) in [7, 11) is 0. The largest absolute Gasteiger partial charge is 0.416 e. The molecule has 2 aromatic rings. The molecule has 6 heteroatoms. The van der Waals surface area contributed by atoms with E-state index in [9.17, 15) is 18.0 Å². The van der Waals surface area contributed by atoms with Crippen LogP contribution in [0.25, 0.3) is 10.9 Å². The minimum atomic E-state index is -4.47. The molecule has 0 radical (unpaired) electrons. The van der Waals surface area contributed by atoms with Gasteiger partial charge in [-0.1, -0.05) is 6.07 Å². The number of carbonyl (C=O) groups is 1. The molecule has 18 heavy (non-hydrogen) atoms. The summed E-state index contributed by atoms with van der Waals surface area (Å²) in [5, 5.41) is 0.504. The normalized spacial score (nSPS) is 11.7. The Labute approximate surface area is 100 Å². The summed E-state index contributed by atoms with van der Waals surface area (Å²) in [5.41, 5.74) is 4.64. The Balaban J connectivity index is 2.68. The molecular formula is C12H9F3N2O. The molecule has 0 spiro atoms. The number of fused-ring (bicyclic) bond motifs is 1. The first kappa shape index (κ1) is 12.3. The number of alkyl halides is 3. The summed E-state index contributed by atoms with van der Waals surface area (Å²) in [6.07, 6.45) is -3.32. The standard InChI is InChI=1S/C12H9F3N2O/c13-12(14,15)8-4-7(5-11(16)18)9-2-1-3-17-10(9)6-8/h1-4,6H,5H2,(H2,16,18). The van der Waals surface area contributed by atoms with Crippen LogP contribution in [0.5, 0.6) is 0 Å². The smallest absolute Gasteiger partial charge is 0.369 e. The summed E-state index contributed by atoms with van der Waals surface area (Å²) in [6, 6.07) is 5.11. The summed E-state index contributed by atoms with van der Waals surface area (Å²) in [4.78, 5) is 14.8. The van der Waals surface area contributed by atoms with Crippen molar-refractivity contribution >= 4 is 16.8 Å². The highest BCUT2D eigenvalue weighted by Gasteiger charge is 2.31. The summed E-state index contributed by atoms with van der Waals surface area (Å²) < 4.78 is 38.1. The number of primary amides is 1. The number of pyridine rings is 1. The van der Waals surface area contributed by atoms with Gasteiger partial charge in [0.1, 0.15) is 0 Å². The molecule has 1 aromatic heterocycles. The highest BCUT2D eigenvalue weighted by atomic mass is 19.4. The van der Waals surface area contributed by atoms with E-state index in [2.05, 4.69) is 4.98 Å². The molecule has 0 fully saturated rings. The lowest BCUT2D eigenvalue weighted by atomic mass is 10.0. The molecule has 0 saturated carbocycles. The van der Waals surface area contributed by atoms with E-state index in [1.54, 1.807) is 12.1 Å². The van der Waals surface area contributed by atoms with Crippen molar-refractivity contribution in [2.24, 2.45) is 5.73 Å². The van der Waals surface area contributed by atoms with Gasteiger partial charge in [0, 0.05) is 11.6 Å². The van der Waals surface area contributed by atoms with Crippen LogP contribution in [0.15, 0.2) is 30.5 Å². The van der Waals surface area contributed by atoms with Gasteiger partial charge in [-0.25, -0.2) is 0 Å². The van der Waals surface area contributed by atoms with Crippen molar-refractivity contribution in [1.82, 2.24) is 4.98 Å². The SMILES string of the molecule is NC(=O)Cc1cc(C(F)(F)F)cc2ncccc12. The van der Waals surface area contributed by atoms with E-state index in [-0.39, 0.29) is 17.5 Å². The van der Waals surface area contributed by atoms with Crippen molar-refractivity contribution in [3.63, 3.8) is 0 Å². The topological polar surface area (TPSA) is 56.0 Å². The summed E-state index contributed by atoms with van der Waals surface area (Å²) >= 11 is 0. The zero-order valence-electron chi connectivity index (χ0n) is 9.16. The van der Waals surface area contributed by atoms with Gasteiger partial charge >= 0.3 is 6.18 Å². The lowest BCUT2D eigenvalue weighted by molar-refractivity contribution is -0.137.